The highest BCUT2D eigenvalue weighted by atomic mass is 35.7. The lowest BCUT2D eigenvalue weighted by molar-refractivity contribution is -1.92. The van der Waals surface area contributed by atoms with Crippen LogP contribution in [0.25, 0.3) is 43.6 Å². The maximum atomic E-state index is 8.60. The molecular formula is C25H21ClN2O6. The van der Waals surface area contributed by atoms with Crippen molar-refractivity contribution >= 4 is 38.3 Å². The summed E-state index contributed by atoms with van der Waals surface area (Å²) in [5.74, 6) is 2.09. The molecule has 0 spiro atoms. The number of ether oxygens (including phenoxy) is 2. The smallest absolute Gasteiger partial charge is 0.132 e. The molecule has 0 radical (unpaired) electrons. The number of nitrogen functional groups attached to an aromatic ring is 1. The van der Waals surface area contributed by atoms with Crippen molar-refractivity contribution in [3.8, 4) is 22.6 Å². The lowest BCUT2D eigenvalue weighted by Gasteiger charge is -2.17. The molecule has 3 N–H and O–H groups in total. The van der Waals surface area contributed by atoms with Crippen LogP contribution in [0.5, 0.6) is 11.5 Å². The first-order valence-electron chi connectivity index (χ1n) is 10.1. The van der Waals surface area contributed by atoms with Crippen LogP contribution >= 0.6 is 0 Å². The van der Waals surface area contributed by atoms with E-state index in [4.69, 9.17) is 38.8 Å². The molecule has 9 heteroatoms. The van der Waals surface area contributed by atoms with Gasteiger partial charge in [-0.15, -0.1) is 0 Å². The predicted molar refractivity (Wildman–Crippen MR) is 122 cm³/mol. The van der Waals surface area contributed by atoms with E-state index >= 15 is 0 Å². The maximum Gasteiger partial charge on any atom is 0.132 e. The molecular weight excluding hydrogens is 460 g/mol. The fourth-order valence-corrected chi connectivity index (χ4v) is 4.06. The van der Waals surface area contributed by atoms with E-state index < -0.39 is 10.2 Å². The summed E-state index contributed by atoms with van der Waals surface area (Å²) in [6.07, 6.45) is 0. The Morgan fingerprint density at radius 2 is 1.41 bits per heavy atom. The largest absolute Gasteiger partial charge is 0.497 e. The van der Waals surface area contributed by atoms with Crippen molar-refractivity contribution in [3.63, 3.8) is 0 Å². The van der Waals surface area contributed by atoms with Gasteiger partial charge in [0.1, 0.15) is 17.3 Å². The number of rotatable bonds is 3. The zero-order chi connectivity index (χ0) is 24.5. The van der Waals surface area contributed by atoms with Crippen LogP contribution in [0.15, 0.2) is 72.8 Å². The highest BCUT2D eigenvalue weighted by molar-refractivity contribution is 6.23. The molecule has 0 unspecified atom stereocenters. The summed E-state index contributed by atoms with van der Waals surface area (Å²) in [5, 5.41) is 5.24. The van der Waals surface area contributed by atoms with E-state index in [0.29, 0.717) is 5.82 Å². The molecule has 0 amide bonds. The summed E-state index contributed by atoms with van der Waals surface area (Å²) in [7, 11) is -1.34. The Labute approximate surface area is 197 Å². The number of hydrogen-bond acceptors (Lipinski definition) is 8. The maximum absolute atomic E-state index is 8.60. The van der Waals surface area contributed by atoms with Gasteiger partial charge in [0.25, 0.3) is 0 Å². The second kappa shape index (κ2) is 9.30. The van der Waals surface area contributed by atoms with Gasteiger partial charge in [0.2, 0.25) is 0 Å². The molecule has 0 saturated heterocycles. The van der Waals surface area contributed by atoms with Crippen LogP contribution in [-0.4, -0.2) is 23.9 Å². The van der Waals surface area contributed by atoms with E-state index in [2.05, 4.69) is 24.3 Å². The van der Waals surface area contributed by atoms with E-state index in [1.165, 1.54) is 0 Å². The average Bonchev–Trinajstić information content (AvgIpc) is 2.82. The lowest BCUT2D eigenvalue weighted by Crippen LogP contribution is -2.58. The number of pyridine rings is 1. The van der Waals surface area contributed by atoms with E-state index in [1.54, 1.807) is 14.2 Å². The second-order valence-corrected chi connectivity index (χ2v) is 8.17. The van der Waals surface area contributed by atoms with E-state index in [1.807, 2.05) is 48.5 Å². The van der Waals surface area contributed by atoms with Gasteiger partial charge in [0, 0.05) is 21.7 Å². The SMILES string of the molecule is COc1ccc(OC)c(-c2cc3ccccc3c3nc(N)c4ccccc4c23)c1.[O-][Cl+3]([O-])([O-])O. The number of fused-ring (bicyclic) bond motifs is 5. The van der Waals surface area contributed by atoms with Crippen molar-refractivity contribution in [3.05, 3.63) is 72.8 Å². The predicted octanol–water partition coefficient (Wildman–Crippen LogP) is 1.68. The number of halogens is 1. The van der Waals surface area contributed by atoms with Crippen LogP contribution in [0.3, 0.4) is 0 Å². The van der Waals surface area contributed by atoms with Crippen LogP contribution in [0, 0.1) is 10.2 Å². The summed E-state index contributed by atoms with van der Waals surface area (Å²) >= 11 is 0. The number of methoxy groups -OCH3 is 2. The van der Waals surface area contributed by atoms with Crippen molar-refractivity contribution in [2.24, 2.45) is 0 Å². The summed E-state index contributed by atoms with van der Waals surface area (Å²) < 4.78 is 43.9. The van der Waals surface area contributed by atoms with E-state index in [0.717, 1.165) is 55.1 Å². The molecule has 0 fully saturated rings. The summed E-state index contributed by atoms with van der Waals surface area (Å²) in [6, 6.07) is 24.4. The van der Waals surface area contributed by atoms with Gasteiger partial charge in [-0.1, -0.05) is 48.5 Å². The first-order valence-corrected chi connectivity index (χ1v) is 11.3. The van der Waals surface area contributed by atoms with Crippen molar-refractivity contribution in [1.82, 2.24) is 4.98 Å². The highest BCUT2D eigenvalue weighted by Crippen LogP contribution is 2.43. The minimum Gasteiger partial charge on any atom is -0.497 e. The summed E-state index contributed by atoms with van der Waals surface area (Å²) in [5.41, 5.74) is 9.23. The molecule has 0 aliphatic carbocycles. The summed E-state index contributed by atoms with van der Waals surface area (Å²) in [4.78, 5) is 4.82. The number of hydrogen-bond donors (Lipinski definition) is 2. The van der Waals surface area contributed by atoms with Gasteiger partial charge >= 0.3 is 0 Å². The molecule has 0 atom stereocenters. The second-order valence-electron chi connectivity index (χ2n) is 7.37. The number of anilines is 1. The van der Waals surface area contributed by atoms with Crippen molar-refractivity contribution in [2.75, 3.05) is 20.0 Å². The first kappa shape index (κ1) is 23.5. The third-order valence-corrected chi connectivity index (χ3v) is 5.42. The molecule has 0 aliphatic heterocycles. The monoisotopic (exact) mass is 480 g/mol. The summed E-state index contributed by atoms with van der Waals surface area (Å²) in [6.45, 7) is 0. The van der Waals surface area contributed by atoms with Crippen LogP contribution in [0.2, 0.25) is 0 Å². The molecule has 174 valence electrons. The van der Waals surface area contributed by atoms with Gasteiger partial charge in [-0.3, -0.25) is 0 Å². The van der Waals surface area contributed by atoms with Gasteiger partial charge in [-0.25, -0.2) is 4.98 Å². The molecule has 0 saturated carbocycles. The number of benzene rings is 4. The minimum atomic E-state index is -4.69. The van der Waals surface area contributed by atoms with Gasteiger partial charge < -0.3 is 15.2 Å². The molecule has 0 aliphatic rings. The molecule has 8 nitrogen and oxygen atoms in total. The van der Waals surface area contributed by atoms with Gasteiger partial charge in [-0.05, 0) is 40.6 Å². The Kier molecular flexibility index (Phi) is 6.43. The molecule has 1 heterocycles. The third kappa shape index (κ3) is 4.67. The minimum absolute atomic E-state index is 0.535. The number of nitrogens with two attached hydrogens (primary N) is 1. The molecule has 5 aromatic rings. The first-order chi connectivity index (χ1) is 16.2. The van der Waals surface area contributed by atoms with Crippen LogP contribution in [0.1, 0.15) is 0 Å². The molecule has 4 aromatic carbocycles. The lowest BCUT2D eigenvalue weighted by atomic mass is 9.92. The normalized spacial score (nSPS) is 11.4. The topological polar surface area (TPSA) is 147 Å². The standard InChI is InChI=1S/C25H20N2O2.ClHO4/c1-28-16-11-12-22(29-2)20(14-16)21-13-15-7-3-4-8-17(15)24-23(21)18-9-5-6-10-19(18)25(26)27-24;2-1(3,4)5/h3-14H,1-2H3,(H2,26,27);(H,2,3,4,5). The molecule has 0 bridgehead atoms. The zero-order valence-electron chi connectivity index (χ0n) is 18.3. The van der Waals surface area contributed by atoms with Gasteiger partial charge in [0.15, 0.2) is 0 Å². The van der Waals surface area contributed by atoms with E-state index in [-0.39, 0.29) is 0 Å². The third-order valence-electron chi connectivity index (χ3n) is 5.42. The average molecular weight is 481 g/mol. The molecule has 5 rings (SSSR count). The van der Waals surface area contributed by atoms with E-state index in [9.17, 15) is 0 Å². The molecule has 1 aromatic heterocycles. The Hall–Kier alpha value is -3.66. The fourth-order valence-electron chi connectivity index (χ4n) is 4.06. The van der Waals surface area contributed by atoms with Crippen LogP contribution in [0.4, 0.5) is 5.82 Å². The van der Waals surface area contributed by atoms with Gasteiger partial charge in [-0.2, -0.15) is 14.0 Å². The van der Waals surface area contributed by atoms with Gasteiger partial charge in [0.05, 0.1) is 34.6 Å². The zero-order valence-corrected chi connectivity index (χ0v) is 19.1. The van der Waals surface area contributed by atoms with Crippen molar-refractivity contribution in [2.45, 2.75) is 0 Å². The number of aromatic nitrogens is 1. The Balaban J connectivity index is 0.000000499. The molecule has 34 heavy (non-hydrogen) atoms. The van der Waals surface area contributed by atoms with Crippen LogP contribution in [-0.2, 0) is 0 Å². The fraction of sp³-hybridized carbons (Fsp3) is 0.0800. The quantitative estimate of drug-likeness (QED) is 0.371. The Morgan fingerprint density at radius 3 is 2.06 bits per heavy atom. The highest BCUT2D eigenvalue weighted by Gasteiger charge is 2.17. The van der Waals surface area contributed by atoms with Crippen molar-refractivity contribution < 1.29 is 38.4 Å². The number of nitrogens with zero attached hydrogens (tertiary/aromatic N) is 1. The van der Waals surface area contributed by atoms with Crippen LogP contribution < -0.4 is 29.2 Å². The van der Waals surface area contributed by atoms with Crippen molar-refractivity contribution in [1.29, 1.82) is 0 Å². The Bertz CT molecular complexity index is 1490. The Morgan fingerprint density at radius 1 is 0.794 bits per heavy atom.